The van der Waals surface area contributed by atoms with Crippen LogP contribution in [0.4, 0.5) is 13.2 Å². The van der Waals surface area contributed by atoms with Crippen LogP contribution in [0, 0.1) is 0 Å². The van der Waals surface area contributed by atoms with Gasteiger partial charge in [0.15, 0.2) is 12.6 Å². The van der Waals surface area contributed by atoms with Gasteiger partial charge >= 0.3 is 6.18 Å². The van der Waals surface area contributed by atoms with Crippen LogP contribution in [0.25, 0.3) is 0 Å². The number of guanidine groups is 1. The van der Waals surface area contributed by atoms with E-state index >= 15 is 0 Å². The molecule has 0 unspecified atom stereocenters. The second-order valence-electron chi connectivity index (χ2n) is 5.11. The largest absolute Gasteiger partial charge is 0.484 e. The van der Waals surface area contributed by atoms with Crippen LogP contribution < -0.4 is 15.4 Å². The van der Waals surface area contributed by atoms with E-state index in [9.17, 15) is 13.2 Å². The van der Waals surface area contributed by atoms with Crippen molar-refractivity contribution in [2.24, 2.45) is 4.99 Å². The highest BCUT2D eigenvalue weighted by Crippen LogP contribution is 2.22. The monoisotopic (exact) mass is 480 g/mol. The zero-order valence-corrected chi connectivity index (χ0v) is 16.4. The third-order valence-electron chi connectivity index (χ3n) is 3.20. The number of aromatic nitrogens is 1. The third kappa shape index (κ3) is 7.89. The maximum atomic E-state index is 12.3. The molecule has 1 heterocycles. The zero-order valence-electron chi connectivity index (χ0n) is 14.1. The number of rotatable bonds is 6. The van der Waals surface area contributed by atoms with Gasteiger partial charge in [-0.3, -0.25) is 9.98 Å². The van der Waals surface area contributed by atoms with Crippen molar-refractivity contribution in [1.82, 2.24) is 15.6 Å². The predicted molar refractivity (Wildman–Crippen MR) is 105 cm³/mol. The van der Waals surface area contributed by atoms with E-state index in [1.54, 1.807) is 31.4 Å². The lowest BCUT2D eigenvalue weighted by atomic mass is 10.2. The first kappa shape index (κ1) is 22.0. The number of alkyl halides is 3. The van der Waals surface area contributed by atoms with E-state index < -0.39 is 12.8 Å². The molecule has 0 spiro atoms. The summed E-state index contributed by atoms with van der Waals surface area (Å²) in [6, 6.07) is 12.2. The van der Waals surface area contributed by atoms with Gasteiger partial charge in [-0.05, 0) is 18.2 Å². The second kappa shape index (κ2) is 10.8. The summed E-state index contributed by atoms with van der Waals surface area (Å²) < 4.78 is 41.8. The summed E-state index contributed by atoms with van der Waals surface area (Å²) in [5.41, 5.74) is 1.45. The Morgan fingerprint density at radius 2 is 1.77 bits per heavy atom. The van der Waals surface area contributed by atoms with Gasteiger partial charge < -0.3 is 15.4 Å². The first-order valence-corrected chi connectivity index (χ1v) is 7.60. The van der Waals surface area contributed by atoms with E-state index in [0.29, 0.717) is 18.1 Å². The van der Waals surface area contributed by atoms with E-state index in [-0.39, 0.29) is 36.3 Å². The maximum absolute atomic E-state index is 12.3. The van der Waals surface area contributed by atoms with Crippen molar-refractivity contribution in [3.05, 3.63) is 59.9 Å². The average molecular weight is 480 g/mol. The Labute approximate surface area is 167 Å². The smallest absolute Gasteiger partial charge is 0.422 e. The lowest BCUT2D eigenvalue weighted by molar-refractivity contribution is -0.153. The quantitative estimate of drug-likeness (QED) is 0.378. The molecule has 0 aliphatic heterocycles. The number of para-hydroxylation sites is 1. The van der Waals surface area contributed by atoms with Crippen LogP contribution in [0.5, 0.6) is 5.75 Å². The van der Waals surface area contributed by atoms with E-state index in [2.05, 4.69) is 20.6 Å². The average Bonchev–Trinajstić information content (AvgIpc) is 2.61. The van der Waals surface area contributed by atoms with Crippen molar-refractivity contribution >= 4 is 29.9 Å². The summed E-state index contributed by atoms with van der Waals surface area (Å²) in [5.74, 6) is 0.698. The van der Waals surface area contributed by atoms with E-state index in [1.807, 2.05) is 18.2 Å². The normalized spacial score (nSPS) is 11.5. The number of nitrogens with one attached hydrogen (secondary N) is 2. The molecule has 5 nitrogen and oxygen atoms in total. The molecule has 0 saturated heterocycles. The SMILES string of the molecule is CN=C(NCc1ccccn1)NCc1ccccc1OCC(F)(F)F.I. The van der Waals surface area contributed by atoms with Crippen molar-refractivity contribution in [2.45, 2.75) is 19.3 Å². The lowest BCUT2D eigenvalue weighted by Crippen LogP contribution is -2.36. The standard InChI is InChI=1S/C17H19F3N4O.HI/c1-21-16(24-11-14-7-4-5-9-22-14)23-10-13-6-2-3-8-15(13)25-12-17(18,19)20;/h2-9H,10-12H2,1H3,(H2,21,23,24);1H. The molecule has 142 valence electrons. The number of hydrogen-bond acceptors (Lipinski definition) is 3. The molecule has 9 heteroatoms. The Balaban J connectivity index is 0.00000338. The number of ether oxygens (including phenoxy) is 1. The Bertz CT molecular complexity index is 696. The van der Waals surface area contributed by atoms with Gasteiger partial charge in [-0.15, -0.1) is 24.0 Å². The zero-order chi connectivity index (χ0) is 18.1. The fraction of sp³-hybridized carbons (Fsp3) is 0.294. The van der Waals surface area contributed by atoms with Gasteiger partial charge in [0.25, 0.3) is 0 Å². The summed E-state index contributed by atoms with van der Waals surface area (Å²) in [4.78, 5) is 8.27. The molecular formula is C17H20F3IN4O. The lowest BCUT2D eigenvalue weighted by Gasteiger charge is -2.15. The fourth-order valence-electron chi connectivity index (χ4n) is 2.03. The molecule has 2 rings (SSSR count). The molecule has 0 bridgehead atoms. The highest BCUT2D eigenvalue weighted by Gasteiger charge is 2.28. The topological polar surface area (TPSA) is 58.5 Å². The summed E-state index contributed by atoms with van der Waals surface area (Å²) in [7, 11) is 1.61. The van der Waals surface area contributed by atoms with Crippen LogP contribution >= 0.6 is 24.0 Å². The van der Waals surface area contributed by atoms with E-state index in [0.717, 1.165) is 5.69 Å². The minimum atomic E-state index is -4.37. The Kier molecular flexibility index (Phi) is 9.17. The van der Waals surface area contributed by atoms with Gasteiger partial charge in [-0.2, -0.15) is 13.2 Å². The second-order valence-corrected chi connectivity index (χ2v) is 5.11. The summed E-state index contributed by atoms with van der Waals surface area (Å²) in [6.45, 7) is -0.570. The van der Waals surface area contributed by atoms with Crippen molar-refractivity contribution in [3.8, 4) is 5.75 Å². The van der Waals surface area contributed by atoms with Crippen LogP contribution in [0.1, 0.15) is 11.3 Å². The molecule has 1 aromatic heterocycles. The van der Waals surface area contributed by atoms with Crippen LogP contribution in [-0.2, 0) is 13.1 Å². The summed E-state index contributed by atoms with van der Waals surface area (Å²) >= 11 is 0. The highest BCUT2D eigenvalue weighted by atomic mass is 127. The van der Waals surface area contributed by atoms with Gasteiger partial charge in [0.2, 0.25) is 0 Å². The molecule has 0 aliphatic carbocycles. The number of aliphatic imine (C=N–C) groups is 1. The first-order chi connectivity index (χ1) is 12.0. The minimum Gasteiger partial charge on any atom is -0.484 e. The number of halogens is 4. The Morgan fingerprint density at radius 1 is 1.08 bits per heavy atom. The number of nitrogens with zero attached hydrogens (tertiary/aromatic N) is 2. The molecule has 0 aliphatic rings. The van der Waals surface area contributed by atoms with Crippen LogP contribution in [0.2, 0.25) is 0 Å². The molecule has 2 N–H and O–H groups in total. The number of benzene rings is 1. The van der Waals surface area contributed by atoms with Gasteiger partial charge in [0, 0.05) is 25.4 Å². The van der Waals surface area contributed by atoms with Crippen molar-refractivity contribution in [1.29, 1.82) is 0 Å². The molecule has 0 atom stereocenters. The molecule has 0 fully saturated rings. The molecule has 0 amide bonds. The van der Waals surface area contributed by atoms with E-state index in [1.165, 1.54) is 6.07 Å². The maximum Gasteiger partial charge on any atom is 0.422 e. The molecule has 1 aromatic carbocycles. The molecule has 0 radical (unpaired) electrons. The van der Waals surface area contributed by atoms with Gasteiger partial charge in [-0.25, -0.2) is 0 Å². The van der Waals surface area contributed by atoms with Crippen LogP contribution in [-0.4, -0.2) is 30.8 Å². The first-order valence-electron chi connectivity index (χ1n) is 7.60. The fourth-order valence-corrected chi connectivity index (χ4v) is 2.03. The van der Waals surface area contributed by atoms with E-state index in [4.69, 9.17) is 4.74 Å². The number of hydrogen-bond donors (Lipinski definition) is 2. The van der Waals surface area contributed by atoms with Crippen LogP contribution in [0.3, 0.4) is 0 Å². The van der Waals surface area contributed by atoms with Crippen molar-refractivity contribution in [2.75, 3.05) is 13.7 Å². The molecule has 2 aromatic rings. The Hall–Kier alpha value is -2.04. The highest BCUT2D eigenvalue weighted by molar-refractivity contribution is 14.0. The summed E-state index contributed by atoms with van der Waals surface area (Å²) in [5, 5.41) is 6.13. The summed E-state index contributed by atoms with van der Waals surface area (Å²) in [6.07, 6.45) is -2.68. The van der Waals surface area contributed by atoms with Gasteiger partial charge in [0.1, 0.15) is 5.75 Å². The predicted octanol–water partition coefficient (Wildman–Crippen LogP) is 3.51. The Morgan fingerprint density at radius 3 is 2.42 bits per heavy atom. The van der Waals surface area contributed by atoms with Crippen LogP contribution in [0.15, 0.2) is 53.7 Å². The van der Waals surface area contributed by atoms with Crippen molar-refractivity contribution < 1.29 is 17.9 Å². The molecule has 0 saturated carbocycles. The third-order valence-corrected chi connectivity index (χ3v) is 3.20. The number of pyridine rings is 1. The minimum absolute atomic E-state index is 0. The molecule has 26 heavy (non-hydrogen) atoms. The molecular weight excluding hydrogens is 460 g/mol. The van der Waals surface area contributed by atoms with Crippen molar-refractivity contribution in [3.63, 3.8) is 0 Å². The van der Waals surface area contributed by atoms with Gasteiger partial charge in [0.05, 0.1) is 12.2 Å². The van der Waals surface area contributed by atoms with Gasteiger partial charge in [-0.1, -0.05) is 24.3 Å².